The minimum absolute atomic E-state index is 0.169. The summed E-state index contributed by atoms with van der Waals surface area (Å²) < 4.78 is 0. The number of anilines is 1. The summed E-state index contributed by atoms with van der Waals surface area (Å²) >= 11 is 0. The van der Waals surface area contributed by atoms with E-state index in [4.69, 9.17) is 5.73 Å². The Bertz CT molecular complexity index is 507. The predicted octanol–water partition coefficient (Wildman–Crippen LogP) is 2.42. The maximum absolute atomic E-state index is 12.2. The van der Waals surface area contributed by atoms with Gasteiger partial charge < -0.3 is 11.1 Å². The van der Waals surface area contributed by atoms with Crippen LogP contribution in [-0.4, -0.2) is 23.4 Å². The van der Waals surface area contributed by atoms with Gasteiger partial charge in [0.15, 0.2) is 0 Å². The highest BCUT2D eigenvalue weighted by Crippen LogP contribution is 2.24. The van der Waals surface area contributed by atoms with E-state index in [1.807, 2.05) is 12.1 Å². The maximum Gasteiger partial charge on any atom is 0.234 e. The van der Waals surface area contributed by atoms with Gasteiger partial charge in [0, 0.05) is 24.8 Å². The topological polar surface area (TPSA) is 58.4 Å². The lowest BCUT2D eigenvalue weighted by Gasteiger charge is -2.19. The average Bonchev–Trinajstić information content (AvgIpc) is 2.66. The molecule has 1 aromatic rings. The molecular formula is C17H25N3O. The van der Waals surface area contributed by atoms with Crippen LogP contribution in [0.2, 0.25) is 0 Å². The van der Waals surface area contributed by atoms with Crippen LogP contribution in [0.5, 0.6) is 0 Å². The highest BCUT2D eigenvalue weighted by molar-refractivity contribution is 5.78. The molecule has 1 fully saturated rings. The molecule has 4 heteroatoms. The fourth-order valence-electron chi connectivity index (χ4n) is 3.50. The van der Waals surface area contributed by atoms with Crippen LogP contribution in [0.15, 0.2) is 18.2 Å². The first-order valence-corrected chi connectivity index (χ1v) is 8.10. The quantitative estimate of drug-likeness (QED) is 0.663. The van der Waals surface area contributed by atoms with Crippen molar-refractivity contribution in [1.29, 1.82) is 0 Å². The number of fused-ring (bicyclic) bond motifs is 1. The number of rotatable bonds is 3. The van der Waals surface area contributed by atoms with Gasteiger partial charge in [-0.1, -0.05) is 31.7 Å². The molecule has 1 aliphatic heterocycles. The van der Waals surface area contributed by atoms with Gasteiger partial charge in [0.2, 0.25) is 5.91 Å². The minimum atomic E-state index is 0.169. The van der Waals surface area contributed by atoms with E-state index in [-0.39, 0.29) is 5.91 Å². The number of amides is 1. The van der Waals surface area contributed by atoms with Gasteiger partial charge in [0.25, 0.3) is 0 Å². The van der Waals surface area contributed by atoms with Gasteiger partial charge in [0.05, 0.1) is 6.54 Å². The van der Waals surface area contributed by atoms with E-state index in [2.05, 4.69) is 16.3 Å². The number of carbonyl (C=O) groups is 1. The summed E-state index contributed by atoms with van der Waals surface area (Å²) in [4.78, 5) is 14.4. The molecule has 0 saturated heterocycles. The van der Waals surface area contributed by atoms with Gasteiger partial charge in [-0.15, -0.1) is 0 Å². The lowest BCUT2D eigenvalue weighted by atomic mass is 10.1. The number of carbonyl (C=O) groups excluding carboxylic acids is 1. The first kappa shape index (κ1) is 14.4. The summed E-state index contributed by atoms with van der Waals surface area (Å²) in [7, 11) is 0. The van der Waals surface area contributed by atoms with Crippen LogP contribution in [-0.2, 0) is 17.9 Å². The maximum atomic E-state index is 12.2. The fraction of sp³-hybridized carbons (Fsp3) is 0.588. The van der Waals surface area contributed by atoms with Gasteiger partial charge in [-0.2, -0.15) is 0 Å². The van der Waals surface area contributed by atoms with E-state index in [0.717, 1.165) is 31.6 Å². The Kier molecular flexibility index (Phi) is 4.44. The molecular weight excluding hydrogens is 262 g/mol. The Hall–Kier alpha value is -1.55. The monoisotopic (exact) mass is 287 g/mol. The number of hydrogen-bond donors (Lipinski definition) is 2. The van der Waals surface area contributed by atoms with E-state index in [0.29, 0.717) is 12.6 Å². The fourth-order valence-corrected chi connectivity index (χ4v) is 3.50. The molecule has 0 spiro atoms. The molecule has 0 aromatic heterocycles. The average molecular weight is 287 g/mol. The molecule has 1 heterocycles. The summed E-state index contributed by atoms with van der Waals surface area (Å²) in [6, 6.07) is 6.43. The second kappa shape index (κ2) is 6.48. The van der Waals surface area contributed by atoms with Crippen LogP contribution in [0.25, 0.3) is 0 Å². The van der Waals surface area contributed by atoms with Crippen molar-refractivity contribution in [2.24, 2.45) is 0 Å². The number of nitrogen functional groups attached to an aromatic ring is 1. The van der Waals surface area contributed by atoms with Crippen LogP contribution < -0.4 is 11.1 Å². The van der Waals surface area contributed by atoms with Crippen molar-refractivity contribution in [3.63, 3.8) is 0 Å². The predicted molar refractivity (Wildman–Crippen MR) is 84.6 cm³/mol. The summed E-state index contributed by atoms with van der Waals surface area (Å²) in [5.74, 6) is 0.169. The molecule has 0 radical (unpaired) electrons. The highest BCUT2D eigenvalue weighted by Gasteiger charge is 2.22. The third-order valence-corrected chi connectivity index (χ3v) is 4.61. The molecule has 1 saturated carbocycles. The molecule has 21 heavy (non-hydrogen) atoms. The van der Waals surface area contributed by atoms with Gasteiger partial charge in [-0.05, 0) is 36.1 Å². The summed E-state index contributed by atoms with van der Waals surface area (Å²) in [5, 5.41) is 3.22. The standard InChI is InChI=1S/C17H25N3O/c18-15-8-7-13-10-20(11-14(13)9-15)12-17(21)19-16-5-3-1-2-4-6-16/h7-9,16H,1-6,10-12,18H2,(H,19,21). The van der Waals surface area contributed by atoms with Crippen molar-refractivity contribution in [3.8, 4) is 0 Å². The smallest absolute Gasteiger partial charge is 0.234 e. The Morgan fingerprint density at radius 2 is 1.86 bits per heavy atom. The number of hydrogen-bond acceptors (Lipinski definition) is 3. The van der Waals surface area contributed by atoms with Crippen LogP contribution in [0, 0.1) is 0 Å². The number of nitrogens with one attached hydrogen (secondary N) is 1. The normalized spacial score (nSPS) is 20.0. The van der Waals surface area contributed by atoms with Crippen molar-refractivity contribution in [2.75, 3.05) is 12.3 Å². The van der Waals surface area contributed by atoms with Crippen molar-refractivity contribution < 1.29 is 4.79 Å². The molecule has 0 bridgehead atoms. The molecule has 4 nitrogen and oxygen atoms in total. The van der Waals surface area contributed by atoms with E-state index in [1.165, 1.54) is 36.8 Å². The van der Waals surface area contributed by atoms with E-state index in [9.17, 15) is 4.79 Å². The molecule has 0 atom stereocenters. The summed E-state index contributed by atoms with van der Waals surface area (Å²) in [5.41, 5.74) is 9.18. The second-order valence-corrected chi connectivity index (χ2v) is 6.43. The highest BCUT2D eigenvalue weighted by atomic mass is 16.2. The van der Waals surface area contributed by atoms with Crippen LogP contribution >= 0.6 is 0 Å². The number of benzene rings is 1. The van der Waals surface area contributed by atoms with Crippen molar-refractivity contribution in [1.82, 2.24) is 10.2 Å². The van der Waals surface area contributed by atoms with Crippen LogP contribution in [0.1, 0.15) is 49.7 Å². The molecule has 2 aliphatic rings. The zero-order chi connectivity index (χ0) is 14.7. The Morgan fingerprint density at radius 3 is 2.62 bits per heavy atom. The molecule has 0 unspecified atom stereocenters. The molecule has 1 aliphatic carbocycles. The van der Waals surface area contributed by atoms with Crippen molar-refractivity contribution >= 4 is 11.6 Å². The van der Waals surface area contributed by atoms with Crippen LogP contribution in [0.3, 0.4) is 0 Å². The molecule has 114 valence electrons. The minimum Gasteiger partial charge on any atom is -0.399 e. The van der Waals surface area contributed by atoms with Crippen molar-refractivity contribution in [2.45, 2.75) is 57.7 Å². The van der Waals surface area contributed by atoms with E-state index in [1.54, 1.807) is 0 Å². The third-order valence-electron chi connectivity index (χ3n) is 4.61. The lowest BCUT2D eigenvalue weighted by Crippen LogP contribution is -2.40. The zero-order valence-electron chi connectivity index (χ0n) is 12.6. The van der Waals surface area contributed by atoms with E-state index < -0.39 is 0 Å². The number of nitrogens with zero attached hydrogens (tertiary/aromatic N) is 1. The Labute approximate surface area is 126 Å². The molecule has 1 amide bonds. The van der Waals surface area contributed by atoms with Gasteiger partial charge >= 0.3 is 0 Å². The summed E-state index contributed by atoms with van der Waals surface area (Å²) in [6.07, 6.45) is 7.41. The Balaban J connectivity index is 1.50. The molecule has 3 rings (SSSR count). The first-order valence-electron chi connectivity index (χ1n) is 8.10. The molecule has 1 aromatic carbocycles. The van der Waals surface area contributed by atoms with Gasteiger partial charge in [-0.3, -0.25) is 9.69 Å². The molecule has 3 N–H and O–H groups in total. The van der Waals surface area contributed by atoms with E-state index >= 15 is 0 Å². The number of nitrogens with two attached hydrogens (primary N) is 1. The van der Waals surface area contributed by atoms with Gasteiger partial charge in [-0.25, -0.2) is 0 Å². The lowest BCUT2D eigenvalue weighted by molar-refractivity contribution is -0.123. The SMILES string of the molecule is Nc1ccc2c(c1)CN(CC(=O)NC1CCCCCC1)C2. The largest absolute Gasteiger partial charge is 0.399 e. The summed E-state index contributed by atoms with van der Waals surface area (Å²) in [6.45, 7) is 2.18. The second-order valence-electron chi connectivity index (χ2n) is 6.43. The Morgan fingerprint density at radius 1 is 1.14 bits per heavy atom. The van der Waals surface area contributed by atoms with Crippen LogP contribution in [0.4, 0.5) is 5.69 Å². The first-order chi connectivity index (χ1) is 10.2. The zero-order valence-corrected chi connectivity index (χ0v) is 12.6. The third kappa shape index (κ3) is 3.76. The van der Waals surface area contributed by atoms with Gasteiger partial charge in [0.1, 0.15) is 0 Å². The van der Waals surface area contributed by atoms with Crippen molar-refractivity contribution in [3.05, 3.63) is 29.3 Å².